The molecule has 0 bridgehead atoms. The molecule has 3 nitrogen and oxygen atoms in total. The summed E-state index contributed by atoms with van der Waals surface area (Å²) >= 11 is 0. The van der Waals surface area contributed by atoms with Crippen LogP contribution in [0.3, 0.4) is 0 Å². The maximum Gasteiger partial charge on any atom is 1.00 e. The Balaban J connectivity index is 0. The summed E-state index contributed by atoms with van der Waals surface area (Å²) in [5.74, 6) is -1.06. The summed E-state index contributed by atoms with van der Waals surface area (Å²) in [4.78, 5) is 10.3. The van der Waals surface area contributed by atoms with E-state index < -0.39 is 12.1 Å². The summed E-state index contributed by atoms with van der Waals surface area (Å²) in [6.07, 6.45) is 22.1. The molecule has 150 valence electrons. The van der Waals surface area contributed by atoms with Crippen LogP contribution in [0.4, 0.5) is 0 Å². The van der Waals surface area contributed by atoms with Crippen molar-refractivity contribution in [2.24, 2.45) is 0 Å². The van der Waals surface area contributed by atoms with Crippen LogP contribution >= 0.6 is 0 Å². The molecule has 0 aliphatic rings. The fourth-order valence-electron chi connectivity index (χ4n) is 3.36. The summed E-state index contributed by atoms with van der Waals surface area (Å²) in [5.41, 5.74) is 0. The normalized spacial score (nSPS) is 11.9. The van der Waals surface area contributed by atoms with E-state index in [0.29, 0.717) is 6.42 Å². The standard InChI is InChI=1S/C22H44O3.Na/c1-2-3-4-5-6-7-8-9-10-11-12-13-14-15-16-17-18-21(23)19-20-22(24)25;/h21,23H,2-20H2,1H3,(H,24,25);/q;+1/p-1. The van der Waals surface area contributed by atoms with Gasteiger partial charge in [-0.1, -0.05) is 110 Å². The van der Waals surface area contributed by atoms with Crippen molar-refractivity contribution in [3.05, 3.63) is 0 Å². The van der Waals surface area contributed by atoms with E-state index in [2.05, 4.69) is 6.92 Å². The Morgan fingerprint density at radius 1 is 0.692 bits per heavy atom. The predicted molar refractivity (Wildman–Crippen MR) is 104 cm³/mol. The van der Waals surface area contributed by atoms with Crippen molar-refractivity contribution in [1.82, 2.24) is 0 Å². The minimum atomic E-state index is -1.06. The van der Waals surface area contributed by atoms with Gasteiger partial charge in [-0.3, -0.25) is 0 Å². The molecular weight excluding hydrogens is 335 g/mol. The Morgan fingerprint density at radius 2 is 1.04 bits per heavy atom. The van der Waals surface area contributed by atoms with Crippen molar-refractivity contribution in [2.75, 3.05) is 0 Å². The van der Waals surface area contributed by atoms with Gasteiger partial charge in [0.15, 0.2) is 0 Å². The van der Waals surface area contributed by atoms with Gasteiger partial charge in [0.2, 0.25) is 0 Å². The van der Waals surface area contributed by atoms with Gasteiger partial charge in [0.05, 0.1) is 6.10 Å². The minimum Gasteiger partial charge on any atom is -0.550 e. The monoisotopic (exact) mass is 378 g/mol. The molecule has 0 amide bonds. The van der Waals surface area contributed by atoms with Crippen molar-refractivity contribution in [1.29, 1.82) is 0 Å². The van der Waals surface area contributed by atoms with Gasteiger partial charge in [0.25, 0.3) is 0 Å². The molecular formula is C22H43NaO3. The molecule has 0 aromatic heterocycles. The van der Waals surface area contributed by atoms with Crippen LogP contribution in [0.15, 0.2) is 0 Å². The molecule has 0 saturated heterocycles. The van der Waals surface area contributed by atoms with E-state index in [0.717, 1.165) is 19.3 Å². The maximum atomic E-state index is 10.3. The number of carbonyl (C=O) groups is 1. The summed E-state index contributed by atoms with van der Waals surface area (Å²) in [6, 6.07) is 0. The first-order valence-corrected chi connectivity index (χ1v) is 11.0. The smallest absolute Gasteiger partial charge is 0.550 e. The molecule has 0 saturated carbocycles. The number of hydrogen-bond donors (Lipinski definition) is 1. The van der Waals surface area contributed by atoms with Crippen molar-refractivity contribution in [2.45, 2.75) is 135 Å². The van der Waals surface area contributed by atoms with Gasteiger partial charge >= 0.3 is 29.6 Å². The number of rotatable bonds is 20. The molecule has 0 aromatic rings. The van der Waals surface area contributed by atoms with Gasteiger partial charge in [-0.2, -0.15) is 0 Å². The molecule has 0 aliphatic heterocycles. The average molecular weight is 379 g/mol. The molecule has 0 aromatic carbocycles. The quantitative estimate of drug-likeness (QED) is 0.262. The van der Waals surface area contributed by atoms with Crippen LogP contribution in [0.25, 0.3) is 0 Å². The fraction of sp³-hybridized carbons (Fsp3) is 0.955. The number of carbonyl (C=O) groups excluding carboxylic acids is 1. The largest absolute Gasteiger partial charge is 1.00 e. The van der Waals surface area contributed by atoms with Gasteiger partial charge < -0.3 is 15.0 Å². The summed E-state index contributed by atoms with van der Waals surface area (Å²) < 4.78 is 0. The van der Waals surface area contributed by atoms with Gasteiger partial charge in [-0.15, -0.1) is 0 Å². The number of carboxylic acids is 1. The zero-order valence-electron chi connectivity index (χ0n) is 17.8. The van der Waals surface area contributed by atoms with Gasteiger partial charge in [0, 0.05) is 5.97 Å². The Hall–Kier alpha value is 0.430. The van der Waals surface area contributed by atoms with Crippen LogP contribution in [-0.4, -0.2) is 17.2 Å². The zero-order chi connectivity index (χ0) is 18.6. The molecule has 26 heavy (non-hydrogen) atoms. The van der Waals surface area contributed by atoms with Crippen LogP contribution in [0, 0.1) is 0 Å². The Morgan fingerprint density at radius 3 is 1.38 bits per heavy atom. The SMILES string of the molecule is CCCCCCCCCCCCCCCCCCC(O)CCC(=O)[O-].[Na+]. The number of carboxylic acid groups (broad SMARTS) is 1. The third-order valence-electron chi connectivity index (χ3n) is 5.07. The predicted octanol–water partition coefficient (Wildman–Crippen LogP) is 2.53. The molecule has 0 aliphatic carbocycles. The first-order chi connectivity index (χ1) is 12.2. The molecule has 4 heteroatoms. The topological polar surface area (TPSA) is 60.4 Å². The zero-order valence-corrected chi connectivity index (χ0v) is 19.8. The molecule has 0 heterocycles. The van der Waals surface area contributed by atoms with Crippen LogP contribution in [0.5, 0.6) is 0 Å². The molecule has 1 atom stereocenters. The average Bonchev–Trinajstić information content (AvgIpc) is 2.59. The van der Waals surface area contributed by atoms with E-state index in [-0.39, 0.29) is 36.0 Å². The number of aliphatic hydroxyl groups is 1. The summed E-state index contributed by atoms with van der Waals surface area (Å²) in [6.45, 7) is 2.27. The van der Waals surface area contributed by atoms with Crippen LogP contribution < -0.4 is 34.7 Å². The van der Waals surface area contributed by atoms with E-state index in [1.165, 1.54) is 89.9 Å². The van der Waals surface area contributed by atoms with Gasteiger partial charge in [0.1, 0.15) is 0 Å². The van der Waals surface area contributed by atoms with E-state index >= 15 is 0 Å². The minimum absolute atomic E-state index is 0. The van der Waals surface area contributed by atoms with Gasteiger partial charge in [-0.25, -0.2) is 0 Å². The fourth-order valence-corrected chi connectivity index (χ4v) is 3.36. The van der Waals surface area contributed by atoms with Crippen molar-refractivity contribution < 1.29 is 44.6 Å². The van der Waals surface area contributed by atoms with Crippen molar-refractivity contribution >= 4 is 5.97 Å². The third-order valence-corrected chi connectivity index (χ3v) is 5.07. The van der Waals surface area contributed by atoms with E-state index in [4.69, 9.17) is 0 Å². The molecule has 1 N–H and O–H groups in total. The molecule has 0 spiro atoms. The number of hydrogen-bond acceptors (Lipinski definition) is 3. The van der Waals surface area contributed by atoms with Crippen LogP contribution in [0.1, 0.15) is 129 Å². The summed E-state index contributed by atoms with van der Waals surface area (Å²) in [7, 11) is 0. The number of aliphatic hydroxyl groups excluding tert-OH is 1. The van der Waals surface area contributed by atoms with Crippen molar-refractivity contribution in [3.63, 3.8) is 0 Å². The van der Waals surface area contributed by atoms with Crippen LogP contribution in [0.2, 0.25) is 0 Å². The number of aliphatic carboxylic acids is 1. The molecule has 0 rings (SSSR count). The van der Waals surface area contributed by atoms with E-state index in [1.54, 1.807) is 0 Å². The third kappa shape index (κ3) is 24.4. The second-order valence-corrected chi connectivity index (χ2v) is 7.66. The Labute approximate surface area is 185 Å². The summed E-state index contributed by atoms with van der Waals surface area (Å²) in [5, 5.41) is 19.9. The van der Waals surface area contributed by atoms with Crippen LogP contribution in [-0.2, 0) is 4.79 Å². The van der Waals surface area contributed by atoms with E-state index in [1.807, 2.05) is 0 Å². The Kier molecular flexibility index (Phi) is 25.9. The molecule has 1 unspecified atom stereocenters. The first-order valence-electron chi connectivity index (χ1n) is 11.0. The molecule has 0 fully saturated rings. The molecule has 0 radical (unpaired) electrons. The first kappa shape index (κ1) is 28.6. The maximum absolute atomic E-state index is 10.3. The second-order valence-electron chi connectivity index (χ2n) is 7.66. The van der Waals surface area contributed by atoms with E-state index in [9.17, 15) is 15.0 Å². The second kappa shape index (κ2) is 23.5. The number of unbranched alkanes of at least 4 members (excludes halogenated alkanes) is 15. The van der Waals surface area contributed by atoms with Crippen molar-refractivity contribution in [3.8, 4) is 0 Å². The van der Waals surface area contributed by atoms with Gasteiger partial charge in [-0.05, 0) is 19.3 Å². The Bertz CT molecular complexity index is 285.